The van der Waals surface area contributed by atoms with E-state index in [-0.39, 0.29) is 11.9 Å². The number of rotatable bonds is 3. The molecule has 0 unspecified atom stereocenters. The van der Waals surface area contributed by atoms with Gasteiger partial charge in [0.05, 0.1) is 11.5 Å². The van der Waals surface area contributed by atoms with Crippen LogP contribution in [0.5, 0.6) is 0 Å². The minimum Gasteiger partial charge on any atom is -0.348 e. The Hall–Kier alpha value is -0.250. The zero-order valence-corrected chi connectivity index (χ0v) is 11.4. The van der Waals surface area contributed by atoms with Gasteiger partial charge in [0.2, 0.25) is 5.91 Å². The fourth-order valence-corrected chi connectivity index (χ4v) is 3.05. The van der Waals surface area contributed by atoms with E-state index in [9.17, 15) is 4.79 Å². The molecule has 1 aromatic heterocycles. The fourth-order valence-electron chi connectivity index (χ4n) is 1.61. The van der Waals surface area contributed by atoms with Crippen LogP contribution in [-0.2, 0) is 4.79 Å². The molecule has 1 fully saturated rings. The standard InChI is InChI=1S/C11H13Cl2NOS/c1-7(8-4-3-5-16-8)14-9(15)10(2)6-11(10,12)13/h3-5,7H,6H2,1-2H3,(H,14,15)/t7-,10+/m0/s1. The normalized spacial score (nSPS) is 28.5. The van der Waals surface area contributed by atoms with Crippen LogP contribution in [0.2, 0.25) is 0 Å². The van der Waals surface area contributed by atoms with E-state index >= 15 is 0 Å². The number of hydrogen-bond donors (Lipinski definition) is 1. The molecular formula is C11H13Cl2NOS. The number of carbonyl (C=O) groups excluding carboxylic acids is 1. The number of nitrogens with one attached hydrogen (secondary N) is 1. The molecule has 2 nitrogen and oxygen atoms in total. The third-order valence-corrected chi connectivity index (χ3v) is 5.23. The van der Waals surface area contributed by atoms with Gasteiger partial charge in [-0.05, 0) is 31.7 Å². The summed E-state index contributed by atoms with van der Waals surface area (Å²) in [6.45, 7) is 3.75. The molecule has 0 spiro atoms. The van der Waals surface area contributed by atoms with E-state index in [2.05, 4.69) is 5.32 Å². The number of amides is 1. The Morgan fingerprint density at radius 2 is 2.25 bits per heavy atom. The van der Waals surface area contributed by atoms with Crippen LogP contribution in [0, 0.1) is 5.41 Å². The van der Waals surface area contributed by atoms with Gasteiger partial charge in [-0.1, -0.05) is 6.07 Å². The quantitative estimate of drug-likeness (QED) is 0.842. The molecule has 2 rings (SSSR count). The number of thiophene rings is 1. The summed E-state index contributed by atoms with van der Waals surface area (Å²) in [5.41, 5.74) is -0.637. The average Bonchev–Trinajstić information content (AvgIpc) is 2.63. The molecule has 88 valence electrons. The van der Waals surface area contributed by atoms with Crippen molar-refractivity contribution in [2.24, 2.45) is 5.41 Å². The molecule has 0 radical (unpaired) electrons. The minimum absolute atomic E-state index is 0.00839. The summed E-state index contributed by atoms with van der Waals surface area (Å²) in [6, 6.07) is 3.98. The average molecular weight is 278 g/mol. The predicted molar refractivity (Wildman–Crippen MR) is 68.0 cm³/mol. The number of halogens is 2. The summed E-state index contributed by atoms with van der Waals surface area (Å²) < 4.78 is -0.897. The second kappa shape index (κ2) is 3.90. The van der Waals surface area contributed by atoms with Crippen molar-refractivity contribution in [2.75, 3.05) is 0 Å². The van der Waals surface area contributed by atoms with Crippen LogP contribution in [-0.4, -0.2) is 10.2 Å². The summed E-state index contributed by atoms with van der Waals surface area (Å²) in [7, 11) is 0. The third-order valence-electron chi connectivity index (χ3n) is 3.08. The van der Waals surface area contributed by atoms with Gasteiger partial charge >= 0.3 is 0 Å². The van der Waals surface area contributed by atoms with Gasteiger partial charge in [0, 0.05) is 4.88 Å². The van der Waals surface area contributed by atoms with Crippen LogP contribution in [0.15, 0.2) is 17.5 Å². The van der Waals surface area contributed by atoms with E-state index in [0.29, 0.717) is 6.42 Å². The Morgan fingerprint density at radius 3 is 2.69 bits per heavy atom. The lowest BCUT2D eigenvalue weighted by Gasteiger charge is -2.17. The highest BCUT2D eigenvalue weighted by Gasteiger charge is 2.67. The molecule has 1 N–H and O–H groups in total. The summed E-state index contributed by atoms with van der Waals surface area (Å²) in [5, 5.41) is 4.93. The van der Waals surface area contributed by atoms with Gasteiger partial charge in [0.25, 0.3) is 0 Å². The lowest BCUT2D eigenvalue weighted by molar-refractivity contribution is -0.126. The Bertz CT molecular complexity index is 404. The predicted octanol–water partition coefficient (Wildman–Crippen LogP) is 3.51. The first-order valence-electron chi connectivity index (χ1n) is 5.09. The van der Waals surface area contributed by atoms with Crippen molar-refractivity contribution in [3.05, 3.63) is 22.4 Å². The van der Waals surface area contributed by atoms with Crippen molar-refractivity contribution in [1.29, 1.82) is 0 Å². The summed E-state index contributed by atoms with van der Waals surface area (Å²) in [4.78, 5) is 13.1. The van der Waals surface area contributed by atoms with E-state index < -0.39 is 9.75 Å². The Labute approximate surface area is 109 Å². The van der Waals surface area contributed by atoms with Gasteiger partial charge in [-0.2, -0.15) is 0 Å². The molecule has 1 aliphatic carbocycles. The lowest BCUT2D eigenvalue weighted by Crippen LogP contribution is -2.34. The third kappa shape index (κ3) is 1.96. The Balaban J connectivity index is 1.99. The second-order valence-electron chi connectivity index (χ2n) is 4.42. The van der Waals surface area contributed by atoms with Crippen LogP contribution in [0.3, 0.4) is 0 Å². The molecule has 1 aromatic rings. The zero-order valence-electron chi connectivity index (χ0n) is 9.09. The zero-order chi connectivity index (χ0) is 12.0. The summed E-state index contributed by atoms with van der Waals surface area (Å²) in [5.74, 6) is -0.0709. The molecule has 1 heterocycles. The largest absolute Gasteiger partial charge is 0.348 e. The lowest BCUT2D eigenvalue weighted by atomic mass is 10.1. The van der Waals surface area contributed by atoms with Gasteiger partial charge in [0.1, 0.15) is 4.33 Å². The van der Waals surface area contributed by atoms with E-state index in [1.54, 1.807) is 18.3 Å². The summed E-state index contributed by atoms with van der Waals surface area (Å²) in [6.07, 6.45) is 0.520. The molecular weight excluding hydrogens is 265 g/mol. The molecule has 0 aromatic carbocycles. The molecule has 0 aliphatic heterocycles. The van der Waals surface area contributed by atoms with Crippen LogP contribution < -0.4 is 5.32 Å². The van der Waals surface area contributed by atoms with Gasteiger partial charge in [-0.3, -0.25) is 4.79 Å². The smallest absolute Gasteiger partial charge is 0.229 e. The maximum absolute atomic E-state index is 12.0. The number of alkyl halides is 2. The maximum atomic E-state index is 12.0. The van der Waals surface area contributed by atoms with Crippen molar-refractivity contribution in [3.63, 3.8) is 0 Å². The van der Waals surface area contributed by atoms with Crippen molar-refractivity contribution in [1.82, 2.24) is 5.32 Å². The second-order valence-corrected chi connectivity index (χ2v) is 6.89. The highest BCUT2D eigenvalue weighted by Crippen LogP contribution is 2.63. The van der Waals surface area contributed by atoms with Crippen LogP contribution in [0.1, 0.15) is 31.2 Å². The first kappa shape index (κ1) is 12.2. The van der Waals surface area contributed by atoms with Crippen molar-refractivity contribution >= 4 is 40.4 Å². The topological polar surface area (TPSA) is 29.1 Å². The molecule has 1 aliphatic rings. The highest BCUT2D eigenvalue weighted by molar-refractivity contribution is 7.10. The monoisotopic (exact) mass is 277 g/mol. The van der Waals surface area contributed by atoms with E-state index in [1.807, 2.05) is 24.4 Å². The number of hydrogen-bond acceptors (Lipinski definition) is 2. The molecule has 0 saturated heterocycles. The van der Waals surface area contributed by atoms with Crippen molar-refractivity contribution in [2.45, 2.75) is 30.6 Å². The fraction of sp³-hybridized carbons (Fsp3) is 0.545. The minimum atomic E-state index is -0.897. The molecule has 0 bridgehead atoms. The van der Waals surface area contributed by atoms with Crippen LogP contribution in [0.4, 0.5) is 0 Å². The van der Waals surface area contributed by atoms with E-state index in [1.165, 1.54) is 0 Å². The SMILES string of the molecule is C[C@H](NC(=O)[C@@]1(C)CC1(Cl)Cl)c1cccs1. The van der Waals surface area contributed by atoms with Gasteiger partial charge in [-0.25, -0.2) is 0 Å². The first-order chi connectivity index (χ1) is 7.37. The molecule has 5 heteroatoms. The Kier molecular flexibility index (Phi) is 2.97. The van der Waals surface area contributed by atoms with E-state index in [0.717, 1.165) is 4.88 Å². The van der Waals surface area contributed by atoms with Gasteiger partial charge < -0.3 is 5.32 Å². The summed E-state index contributed by atoms with van der Waals surface area (Å²) >= 11 is 13.5. The van der Waals surface area contributed by atoms with Crippen molar-refractivity contribution in [3.8, 4) is 0 Å². The van der Waals surface area contributed by atoms with E-state index in [4.69, 9.17) is 23.2 Å². The van der Waals surface area contributed by atoms with Gasteiger partial charge in [0.15, 0.2) is 0 Å². The van der Waals surface area contributed by atoms with Crippen LogP contribution in [0.25, 0.3) is 0 Å². The highest BCUT2D eigenvalue weighted by atomic mass is 35.5. The molecule has 2 atom stereocenters. The van der Waals surface area contributed by atoms with Crippen LogP contribution >= 0.6 is 34.5 Å². The van der Waals surface area contributed by atoms with Crippen molar-refractivity contribution < 1.29 is 4.79 Å². The first-order valence-corrected chi connectivity index (χ1v) is 6.72. The maximum Gasteiger partial charge on any atom is 0.229 e. The molecule has 1 saturated carbocycles. The number of carbonyl (C=O) groups is 1. The molecule has 1 amide bonds. The Morgan fingerprint density at radius 1 is 1.62 bits per heavy atom. The van der Waals surface area contributed by atoms with Gasteiger partial charge in [-0.15, -0.1) is 34.5 Å². The molecule has 16 heavy (non-hydrogen) atoms.